The highest BCUT2D eigenvalue weighted by molar-refractivity contribution is 5.99. The fourth-order valence-electron chi connectivity index (χ4n) is 6.72. The van der Waals surface area contributed by atoms with Crippen LogP contribution in [0.4, 0.5) is 13.2 Å². The molecular formula is C32H41F3N6O3. The molecule has 2 aliphatic heterocycles. The molecule has 2 amide bonds. The quantitative estimate of drug-likeness (QED) is 0.397. The Morgan fingerprint density at radius 3 is 2.57 bits per heavy atom. The summed E-state index contributed by atoms with van der Waals surface area (Å²) in [7, 11) is 1.58. The molecule has 44 heavy (non-hydrogen) atoms. The van der Waals surface area contributed by atoms with Crippen LogP contribution in [0.1, 0.15) is 53.6 Å². The third-order valence-corrected chi connectivity index (χ3v) is 9.09. The Balaban J connectivity index is 1.49. The number of aromatic nitrogens is 2. The number of hydrogen-bond acceptors (Lipinski definition) is 6. The molecular weight excluding hydrogens is 573 g/mol. The van der Waals surface area contributed by atoms with Gasteiger partial charge in [-0.3, -0.25) is 24.4 Å². The van der Waals surface area contributed by atoms with E-state index in [0.717, 1.165) is 33.6 Å². The van der Waals surface area contributed by atoms with Crippen molar-refractivity contribution in [2.24, 2.45) is 5.92 Å². The van der Waals surface area contributed by atoms with E-state index in [0.29, 0.717) is 38.2 Å². The number of nitrogens with one attached hydrogen (secondary N) is 2. The first-order valence-electron chi connectivity index (χ1n) is 15.1. The van der Waals surface area contributed by atoms with Gasteiger partial charge in [-0.05, 0) is 57.9 Å². The molecule has 4 unspecified atom stereocenters. The van der Waals surface area contributed by atoms with Crippen LogP contribution in [0.3, 0.4) is 0 Å². The molecule has 0 saturated carbocycles. The standard InChI is InChI=1S/C32H41F3N6O3/c1-19-15-28(44-5)26(31(43)38-19)17-37-30(42)25-16-27-24(23-7-6-9-36-21(23)3)8-10-41(27)29(20(25)2)22(4)40-13-11-39(12-14-40)18-32(33,34)35/h6-10,16,19,22,26,28H,11-15,17-18H2,1-5H3,(H,37,42)(H,38,43). The molecule has 238 valence electrons. The summed E-state index contributed by atoms with van der Waals surface area (Å²) < 4.78 is 46.7. The van der Waals surface area contributed by atoms with Gasteiger partial charge in [0, 0.05) is 92.4 Å². The summed E-state index contributed by atoms with van der Waals surface area (Å²) in [4.78, 5) is 34.7. The minimum Gasteiger partial charge on any atom is -0.380 e. The first-order valence-corrected chi connectivity index (χ1v) is 15.1. The van der Waals surface area contributed by atoms with E-state index in [-0.39, 0.29) is 36.5 Å². The zero-order chi connectivity index (χ0) is 31.8. The lowest BCUT2D eigenvalue weighted by Crippen LogP contribution is -2.53. The fraction of sp³-hybridized carbons (Fsp3) is 0.531. The molecule has 0 aliphatic carbocycles. The van der Waals surface area contributed by atoms with E-state index in [4.69, 9.17) is 4.74 Å². The van der Waals surface area contributed by atoms with Crippen molar-refractivity contribution in [1.82, 2.24) is 29.8 Å². The molecule has 4 atom stereocenters. The summed E-state index contributed by atoms with van der Waals surface area (Å²) in [5.74, 6) is -0.967. The SMILES string of the molecule is COC1CC(C)NC(=O)C1CNC(=O)c1cc2c(-c3cccnc3C)ccn2c(C(C)N2CCN(CC(F)(F)F)CC2)c1C. The van der Waals surface area contributed by atoms with Crippen LogP contribution in [0, 0.1) is 19.8 Å². The van der Waals surface area contributed by atoms with Gasteiger partial charge < -0.3 is 19.8 Å². The van der Waals surface area contributed by atoms with Gasteiger partial charge in [-0.15, -0.1) is 0 Å². The van der Waals surface area contributed by atoms with Gasteiger partial charge in [-0.25, -0.2) is 0 Å². The van der Waals surface area contributed by atoms with Crippen LogP contribution in [-0.2, 0) is 9.53 Å². The molecule has 12 heteroatoms. The van der Waals surface area contributed by atoms with Crippen LogP contribution in [0.5, 0.6) is 0 Å². The number of ether oxygens (including phenoxy) is 1. The smallest absolute Gasteiger partial charge is 0.380 e. The van der Waals surface area contributed by atoms with E-state index >= 15 is 0 Å². The minimum absolute atomic E-state index is 0.00727. The molecule has 3 aromatic rings. The molecule has 2 aliphatic rings. The number of carbonyl (C=O) groups excluding carboxylic acids is 2. The maximum atomic E-state index is 13.8. The minimum atomic E-state index is -4.23. The molecule has 2 N–H and O–H groups in total. The maximum Gasteiger partial charge on any atom is 0.401 e. The molecule has 2 fully saturated rings. The van der Waals surface area contributed by atoms with Crippen LogP contribution in [0.15, 0.2) is 36.7 Å². The first-order chi connectivity index (χ1) is 20.9. The van der Waals surface area contributed by atoms with Gasteiger partial charge in [-0.1, -0.05) is 6.07 Å². The number of piperidine rings is 1. The Morgan fingerprint density at radius 1 is 1.18 bits per heavy atom. The summed E-state index contributed by atoms with van der Waals surface area (Å²) in [6.45, 7) is 8.57. The van der Waals surface area contributed by atoms with Gasteiger partial charge in [-0.2, -0.15) is 13.2 Å². The number of nitrogens with zero attached hydrogens (tertiary/aromatic N) is 4. The van der Waals surface area contributed by atoms with Gasteiger partial charge >= 0.3 is 6.18 Å². The van der Waals surface area contributed by atoms with E-state index in [9.17, 15) is 22.8 Å². The van der Waals surface area contributed by atoms with Crippen LogP contribution in [0.25, 0.3) is 16.6 Å². The van der Waals surface area contributed by atoms with Crippen molar-refractivity contribution in [3.8, 4) is 11.1 Å². The zero-order valence-electron chi connectivity index (χ0n) is 25.9. The molecule has 5 heterocycles. The molecule has 0 aromatic carbocycles. The number of halogens is 3. The fourth-order valence-corrected chi connectivity index (χ4v) is 6.72. The van der Waals surface area contributed by atoms with Gasteiger partial charge in [0.2, 0.25) is 5.91 Å². The summed E-state index contributed by atoms with van der Waals surface area (Å²) >= 11 is 0. The van der Waals surface area contributed by atoms with Crippen molar-refractivity contribution in [3.63, 3.8) is 0 Å². The van der Waals surface area contributed by atoms with Crippen LogP contribution < -0.4 is 10.6 Å². The summed E-state index contributed by atoms with van der Waals surface area (Å²) in [6.07, 6.45) is -0.163. The number of carbonyl (C=O) groups is 2. The average molecular weight is 615 g/mol. The molecule has 2 saturated heterocycles. The summed E-state index contributed by atoms with van der Waals surface area (Å²) in [5.41, 5.74) is 5.70. The number of fused-ring (bicyclic) bond motifs is 1. The lowest BCUT2D eigenvalue weighted by atomic mass is 9.91. The normalized spacial score (nSPS) is 22.6. The number of hydrogen-bond donors (Lipinski definition) is 2. The second-order valence-electron chi connectivity index (χ2n) is 12.0. The Kier molecular flexibility index (Phi) is 9.33. The highest BCUT2D eigenvalue weighted by Gasteiger charge is 2.36. The number of alkyl halides is 3. The maximum absolute atomic E-state index is 13.8. The van der Waals surface area contributed by atoms with E-state index in [1.807, 2.05) is 58.2 Å². The molecule has 0 bridgehead atoms. The lowest BCUT2D eigenvalue weighted by molar-refractivity contribution is -0.149. The van der Waals surface area contributed by atoms with Crippen LogP contribution in [-0.4, -0.2) is 95.7 Å². The Morgan fingerprint density at radius 2 is 1.91 bits per heavy atom. The largest absolute Gasteiger partial charge is 0.401 e. The Labute approximate surface area is 255 Å². The topological polar surface area (TPSA) is 91.2 Å². The van der Waals surface area contributed by atoms with Gasteiger partial charge in [0.1, 0.15) is 0 Å². The lowest BCUT2D eigenvalue weighted by Gasteiger charge is -2.39. The average Bonchev–Trinajstić information content (AvgIpc) is 3.38. The van der Waals surface area contributed by atoms with Crippen molar-refractivity contribution < 1.29 is 27.5 Å². The third kappa shape index (κ3) is 6.62. The number of rotatable bonds is 8. The Bertz CT molecular complexity index is 1510. The zero-order valence-corrected chi connectivity index (χ0v) is 25.9. The summed E-state index contributed by atoms with van der Waals surface area (Å²) in [5, 5.41) is 5.94. The number of amides is 2. The second-order valence-corrected chi connectivity index (χ2v) is 12.0. The predicted octanol–water partition coefficient (Wildman–Crippen LogP) is 4.13. The van der Waals surface area contributed by atoms with Crippen molar-refractivity contribution in [2.45, 2.75) is 58.5 Å². The number of pyridine rings is 2. The van der Waals surface area contributed by atoms with Gasteiger partial charge in [0.05, 0.1) is 24.1 Å². The highest BCUT2D eigenvalue weighted by Crippen LogP contribution is 2.35. The monoisotopic (exact) mass is 614 g/mol. The van der Waals surface area contributed by atoms with Gasteiger partial charge in [0.25, 0.3) is 5.91 Å². The van der Waals surface area contributed by atoms with E-state index < -0.39 is 18.6 Å². The van der Waals surface area contributed by atoms with E-state index in [2.05, 4.69) is 24.9 Å². The molecule has 0 spiro atoms. The number of aryl methyl sites for hydroxylation is 1. The number of methoxy groups -OCH3 is 1. The van der Waals surface area contributed by atoms with E-state index in [1.165, 1.54) is 4.90 Å². The van der Waals surface area contributed by atoms with Crippen LogP contribution >= 0.6 is 0 Å². The second kappa shape index (κ2) is 12.9. The third-order valence-electron chi connectivity index (χ3n) is 9.09. The molecule has 9 nitrogen and oxygen atoms in total. The van der Waals surface area contributed by atoms with Crippen LogP contribution in [0.2, 0.25) is 0 Å². The molecule has 3 aromatic heterocycles. The van der Waals surface area contributed by atoms with Crippen molar-refractivity contribution >= 4 is 17.3 Å². The van der Waals surface area contributed by atoms with Crippen molar-refractivity contribution in [1.29, 1.82) is 0 Å². The van der Waals surface area contributed by atoms with E-state index in [1.54, 1.807) is 13.3 Å². The number of piperazine rings is 1. The molecule has 5 rings (SSSR count). The van der Waals surface area contributed by atoms with Crippen molar-refractivity contribution in [2.75, 3.05) is 46.4 Å². The molecule has 0 radical (unpaired) electrons. The highest BCUT2D eigenvalue weighted by atomic mass is 19.4. The first kappa shape index (κ1) is 31.9. The van der Waals surface area contributed by atoms with Crippen molar-refractivity contribution in [3.05, 3.63) is 59.2 Å². The summed E-state index contributed by atoms with van der Waals surface area (Å²) in [6, 6.07) is 7.56. The van der Waals surface area contributed by atoms with Gasteiger partial charge in [0.15, 0.2) is 0 Å². The predicted molar refractivity (Wildman–Crippen MR) is 161 cm³/mol. The Hall–Kier alpha value is -3.48.